The summed E-state index contributed by atoms with van der Waals surface area (Å²) in [6.45, 7) is 7.86. The highest BCUT2D eigenvalue weighted by atomic mass is 79.9. The lowest BCUT2D eigenvalue weighted by Crippen LogP contribution is -2.19. The molecular weight excluding hydrogens is 318 g/mol. The SMILES string of the molecule is CCc1nn(CC)c(CC=CCCNCCOC)c1Br. The molecule has 114 valence electrons. The Morgan fingerprint density at radius 2 is 2.10 bits per heavy atom. The van der Waals surface area contributed by atoms with Gasteiger partial charge in [0.25, 0.3) is 0 Å². The maximum absolute atomic E-state index is 4.98. The van der Waals surface area contributed by atoms with Gasteiger partial charge in [0.2, 0.25) is 0 Å². The van der Waals surface area contributed by atoms with Crippen LogP contribution in [-0.2, 0) is 24.1 Å². The Hall–Kier alpha value is -0.650. The molecule has 0 spiro atoms. The van der Waals surface area contributed by atoms with Crippen molar-refractivity contribution in [2.75, 3.05) is 26.8 Å². The Morgan fingerprint density at radius 3 is 2.75 bits per heavy atom. The number of rotatable bonds is 10. The van der Waals surface area contributed by atoms with Crippen molar-refractivity contribution in [3.8, 4) is 0 Å². The van der Waals surface area contributed by atoms with E-state index in [0.29, 0.717) is 0 Å². The van der Waals surface area contributed by atoms with Gasteiger partial charge in [-0.05, 0) is 42.2 Å². The summed E-state index contributed by atoms with van der Waals surface area (Å²) in [5, 5.41) is 7.93. The summed E-state index contributed by atoms with van der Waals surface area (Å²) in [6, 6.07) is 0. The van der Waals surface area contributed by atoms with Gasteiger partial charge in [-0.25, -0.2) is 0 Å². The van der Waals surface area contributed by atoms with Crippen LogP contribution in [-0.4, -0.2) is 36.6 Å². The molecule has 1 heterocycles. The fraction of sp³-hybridized carbons (Fsp3) is 0.667. The molecule has 0 unspecified atom stereocenters. The maximum Gasteiger partial charge on any atom is 0.0766 e. The van der Waals surface area contributed by atoms with Gasteiger partial charge in [0.05, 0.1) is 22.5 Å². The number of nitrogens with zero attached hydrogens (tertiary/aromatic N) is 2. The molecule has 1 rings (SSSR count). The molecule has 0 bridgehead atoms. The van der Waals surface area contributed by atoms with Gasteiger partial charge in [-0.3, -0.25) is 4.68 Å². The molecule has 0 aromatic carbocycles. The predicted molar refractivity (Wildman–Crippen MR) is 87.2 cm³/mol. The van der Waals surface area contributed by atoms with Crippen LogP contribution in [0.4, 0.5) is 0 Å². The third-order valence-corrected chi connectivity index (χ3v) is 4.06. The summed E-state index contributed by atoms with van der Waals surface area (Å²) in [7, 11) is 1.72. The molecule has 20 heavy (non-hydrogen) atoms. The second-order valence-electron chi connectivity index (χ2n) is 4.58. The summed E-state index contributed by atoms with van der Waals surface area (Å²) in [4.78, 5) is 0. The van der Waals surface area contributed by atoms with E-state index in [-0.39, 0.29) is 0 Å². The topological polar surface area (TPSA) is 39.1 Å². The third kappa shape index (κ3) is 5.38. The summed E-state index contributed by atoms with van der Waals surface area (Å²) in [5.74, 6) is 0. The first-order valence-electron chi connectivity index (χ1n) is 7.33. The molecule has 0 aliphatic rings. The predicted octanol–water partition coefficient (Wildman–Crippen LogP) is 2.95. The summed E-state index contributed by atoms with van der Waals surface area (Å²) >= 11 is 3.67. The molecule has 4 nitrogen and oxygen atoms in total. The standard InChI is InChI=1S/C15H26BrN3O/c1-4-13-15(16)14(19(5-2)18-13)9-7-6-8-10-17-11-12-20-3/h6-7,17H,4-5,8-12H2,1-3H3. The normalized spacial score (nSPS) is 11.6. The smallest absolute Gasteiger partial charge is 0.0766 e. The molecule has 0 aliphatic heterocycles. The number of aromatic nitrogens is 2. The molecule has 0 saturated carbocycles. The fourth-order valence-electron chi connectivity index (χ4n) is 2.01. The number of aryl methyl sites for hydroxylation is 2. The number of allylic oxidation sites excluding steroid dienone is 1. The van der Waals surface area contributed by atoms with E-state index in [2.05, 4.69) is 57.0 Å². The quantitative estimate of drug-likeness (QED) is 0.524. The van der Waals surface area contributed by atoms with Crippen molar-refractivity contribution in [2.24, 2.45) is 0 Å². The van der Waals surface area contributed by atoms with Crippen molar-refractivity contribution in [3.63, 3.8) is 0 Å². The lowest BCUT2D eigenvalue weighted by atomic mass is 10.2. The number of halogens is 1. The molecule has 1 aromatic heterocycles. The highest BCUT2D eigenvalue weighted by molar-refractivity contribution is 9.10. The molecule has 0 aliphatic carbocycles. The van der Waals surface area contributed by atoms with Crippen molar-refractivity contribution in [2.45, 2.75) is 39.7 Å². The van der Waals surface area contributed by atoms with Gasteiger partial charge in [-0.15, -0.1) is 0 Å². The number of hydrogen-bond donors (Lipinski definition) is 1. The second-order valence-corrected chi connectivity index (χ2v) is 5.38. The molecule has 1 aromatic rings. The van der Waals surface area contributed by atoms with E-state index in [9.17, 15) is 0 Å². The van der Waals surface area contributed by atoms with E-state index >= 15 is 0 Å². The number of methoxy groups -OCH3 is 1. The van der Waals surface area contributed by atoms with Crippen LogP contribution >= 0.6 is 15.9 Å². The van der Waals surface area contributed by atoms with Crippen molar-refractivity contribution >= 4 is 15.9 Å². The van der Waals surface area contributed by atoms with Crippen LogP contribution in [0.3, 0.4) is 0 Å². The van der Waals surface area contributed by atoms with Gasteiger partial charge < -0.3 is 10.1 Å². The highest BCUT2D eigenvalue weighted by Crippen LogP contribution is 2.22. The summed E-state index contributed by atoms with van der Waals surface area (Å²) in [6.07, 6.45) is 7.39. The van der Waals surface area contributed by atoms with Crippen LogP contribution in [0, 0.1) is 0 Å². The van der Waals surface area contributed by atoms with Gasteiger partial charge >= 0.3 is 0 Å². The molecule has 5 heteroatoms. The molecule has 0 atom stereocenters. The van der Waals surface area contributed by atoms with E-state index in [0.717, 1.165) is 51.2 Å². The van der Waals surface area contributed by atoms with Crippen LogP contribution < -0.4 is 5.32 Å². The van der Waals surface area contributed by atoms with Crippen LogP contribution in [0.5, 0.6) is 0 Å². The molecular formula is C15H26BrN3O. The van der Waals surface area contributed by atoms with Crippen molar-refractivity contribution in [1.29, 1.82) is 0 Å². The Kier molecular flexibility index (Phi) is 8.82. The largest absolute Gasteiger partial charge is 0.383 e. The van der Waals surface area contributed by atoms with Crippen LogP contribution in [0.25, 0.3) is 0 Å². The van der Waals surface area contributed by atoms with Gasteiger partial charge in [0.1, 0.15) is 0 Å². The average Bonchev–Trinajstić information content (AvgIpc) is 2.78. The Labute approximate surface area is 130 Å². The molecule has 0 amide bonds. The first kappa shape index (κ1) is 17.4. The fourth-order valence-corrected chi connectivity index (χ4v) is 2.74. The summed E-state index contributed by atoms with van der Waals surface area (Å²) < 4.78 is 8.24. The van der Waals surface area contributed by atoms with E-state index in [1.807, 2.05) is 0 Å². The number of hydrogen-bond acceptors (Lipinski definition) is 3. The Morgan fingerprint density at radius 1 is 1.30 bits per heavy atom. The lowest BCUT2D eigenvalue weighted by molar-refractivity contribution is 0.199. The minimum atomic E-state index is 0.770. The zero-order chi connectivity index (χ0) is 14.8. The Bertz CT molecular complexity index is 415. The molecule has 0 fully saturated rings. The van der Waals surface area contributed by atoms with Gasteiger partial charge in [0, 0.05) is 26.6 Å². The first-order chi connectivity index (χ1) is 9.74. The first-order valence-corrected chi connectivity index (χ1v) is 8.12. The Balaban J connectivity index is 2.39. The zero-order valence-corrected chi connectivity index (χ0v) is 14.4. The van der Waals surface area contributed by atoms with Gasteiger partial charge in [-0.1, -0.05) is 19.1 Å². The molecule has 0 saturated heterocycles. The van der Waals surface area contributed by atoms with E-state index in [1.54, 1.807) is 7.11 Å². The monoisotopic (exact) mass is 343 g/mol. The van der Waals surface area contributed by atoms with Crippen LogP contribution in [0.15, 0.2) is 16.6 Å². The zero-order valence-electron chi connectivity index (χ0n) is 12.8. The minimum absolute atomic E-state index is 0.770. The lowest BCUT2D eigenvalue weighted by Gasteiger charge is -2.02. The molecule has 0 radical (unpaired) electrons. The average molecular weight is 344 g/mol. The molecule has 1 N–H and O–H groups in total. The van der Waals surface area contributed by atoms with Crippen LogP contribution in [0.1, 0.15) is 31.7 Å². The van der Waals surface area contributed by atoms with Gasteiger partial charge in [0.15, 0.2) is 0 Å². The van der Waals surface area contributed by atoms with Crippen LogP contribution in [0.2, 0.25) is 0 Å². The van der Waals surface area contributed by atoms with Crippen molar-refractivity contribution < 1.29 is 4.74 Å². The van der Waals surface area contributed by atoms with E-state index in [1.165, 1.54) is 10.2 Å². The van der Waals surface area contributed by atoms with E-state index in [4.69, 9.17) is 4.74 Å². The highest BCUT2D eigenvalue weighted by Gasteiger charge is 2.11. The number of ether oxygens (including phenoxy) is 1. The minimum Gasteiger partial charge on any atom is -0.383 e. The maximum atomic E-state index is 4.98. The second kappa shape index (κ2) is 10.1. The van der Waals surface area contributed by atoms with Crippen molar-refractivity contribution in [3.05, 3.63) is 28.0 Å². The summed E-state index contributed by atoms with van der Waals surface area (Å²) in [5.41, 5.74) is 2.42. The van der Waals surface area contributed by atoms with E-state index < -0.39 is 0 Å². The van der Waals surface area contributed by atoms with Gasteiger partial charge in [-0.2, -0.15) is 5.10 Å². The van der Waals surface area contributed by atoms with Crippen molar-refractivity contribution in [1.82, 2.24) is 15.1 Å². The third-order valence-electron chi connectivity index (χ3n) is 3.14. The number of nitrogens with one attached hydrogen (secondary N) is 1.